The SMILES string of the molecule is C[N+]1(CS(=O)(=O)Cl)CCCC1.[Cl-]. The predicted octanol–water partition coefficient (Wildman–Crippen LogP) is -2.24. The molecule has 1 saturated heterocycles. The summed E-state index contributed by atoms with van der Waals surface area (Å²) in [6, 6.07) is 0. The number of rotatable bonds is 2. The van der Waals surface area contributed by atoms with Crippen LogP contribution in [0.5, 0.6) is 0 Å². The Morgan fingerprint density at radius 1 is 1.33 bits per heavy atom. The highest BCUT2D eigenvalue weighted by Gasteiger charge is 2.31. The zero-order valence-corrected chi connectivity index (χ0v) is 9.29. The average Bonchev–Trinajstić information content (AvgIpc) is 2.09. The molecule has 0 aliphatic carbocycles. The van der Waals surface area contributed by atoms with Crippen molar-refractivity contribution in [2.75, 3.05) is 26.0 Å². The van der Waals surface area contributed by atoms with Gasteiger partial charge >= 0.3 is 0 Å². The van der Waals surface area contributed by atoms with Crippen LogP contribution in [-0.2, 0) is 9.05 Å². The third-order valence-electron chi connectivity index (χ3n) is 2.11. The average molecular weight is 234 g/mol. The van der Waals surface area contributed by atoms with E-state index < -0.39 is 9.05 Å². The van der Waals surface area contributed by atoms with E-state index in [2.05, 4.69) is 0 Å². The first-order valence-electron chi connectivity index (χ1n) is 3.67. The van der Waals surface area contributed by atoms with Crippen molar-refractivity contribution in [1.82, 2.24) is 0 Å². The summed E-state index contributed by atoms with van der Waals surface area (Å²) < 4.78 is 22.1. The van der Waals surface area contributed by atoms with Crippen LogP contribution in [0, 0.1) is 0 Å². The molecule has 3 nitrogen and oxygen atoms in total. The standard InChI is InChI=1S/C6H13ClNO2S.ClH/c1-8(4-2-3-5-8)6-11(7,9)10;/h2-6H2,1H3;1H/q+1;/p-1. The molecule has 0 bridgehead atoms. The van der Waals surface area contributed by atoms with Gasteiger partial charge in [0.1, 0.15) is 0 Å². The van der Waals surface area contributed by atoms with Gasteiger partial charge < -0.3 is 16.9 Å². The summed E-state index contributed by atoms with van der Waals surface area (Å²) in [6.07, 6.45) is 2.23. The number of halogens is 2. The second-order valence-corrected chi connectivity index (χ2v) is 6.19. The molecule has 12 heavy (non-hydrogen) atoms. The number of quaternary nitrogens is 1. The van der Waals surface area contributed by atoms with Crippen LogP contribution in [0.2, 0.25) is 0 Å². The zero-order chi connectivity index (χ0) is 8.54. The molecule has 1 aliphatic heterocycles. The van der Waals surface area contributed by atoms with Gasteiger partial charge in [-0.3, -0.25) is 0 Å². The van der Waals surface area contributed by atoms with Gasteiger partial charge in [-0.05, 0) is 0 Å². The van der Waals surface area contributed by atoms with E-state index in [1.54, 1.807) is 0 Å². The van der Waals surface area contributed by atoms with Crippen LogP contribution >= 0.6 is 10.7 Å². The van der Waals surface area contributed by atoms with Crippen molar-refractivity contribution in [1.29, 1.82) is 0 Å². The van der Waals surface area contributed by atoms with Gasteiger partial charge in [0, 0.05) is 23.5 Å². The highest BCUT2D eigenvalue weighted by molar-refractivity contribution is 8.13. The molecule has 0 amide bonds. The lowest BCUT2D eigenvalue weighted by atomic mass is 10.4. The van der Waals surface area contributed by atoms with Crippen LogP contribution in [0.15, 0.2) is 0 Å². The third-order valence-corrected chi connectivity index (χ3v) is 3.34. The zero-order valence-electron chi connectivity index (χ0n) is 6.96. The molecular weight excluding hydrogens is 221 g/mol. The van der Waals surface area contributed by atoms with Crippen molar-refractivity contribution in [2.24, 2.45) is 0 Å². The summed E-state index contributed by atoms with van der Waals surface area (Å²) in [5, 5.41) is 0. The molecule has 0 atom stereocenters. The summed E-state index contributed by atoms with van der Waals surface area (Å²) in [5.74, 6) is 0.0779. The van der Waals surface area contributed by atoms with E-state index in [9.17, 15) is 8.42 Å². The molecule has 0 unspecified atom stereocenters. The number of nitrogens with zero attached hydrogens (tertiary/aromatic N) is 1. The Kier molecular flexibility index (Phi) is 4.30. The van der Waals surface area contributed by atoms with Gasteiger partial charge in [0.05, 0.1) is 20.1 Å². The van der Waals surface area contributed by atoms with Crippen LogP contribution in [0.3, 0.4) is 0 Å². The van der Waals surface area contributed by atoms with Crippen molar-refractivity contribution in [3.05, 3.63) is 0 Å². The molecule has 1 rings (SSSR count). The van der Waals surface area contributed by atoms with Crippen molar-refractivity contribution >= 4 is 19.7 Å². The fraction of sp³-hybridized carbons (Fsp3) is 1.00. The first kappa shape index (κ1) is 12.5. The van der Waals surface area contributed by atoms with E-state index in [1.807, 2.05) is 7.05 Å². The van der Waals surface area contributed by atoms with E-state index >= 15 is 0 Å². The Balaban J connectivity index is 0.00000121. The first-order valence-corrected chi connectivity index (χ1v) is 6.15. The molecule has 0 aromatic rings. The largest absolute Gasteiger partial charge is 1.00 e. The lowest BCUT2D eigenvalue weighted by molar-refractivity contribution is -0.885. The molecule has 0 spiro atoms. The fourth-order valence-electron chi connectivity index (χ4n) is 1.60. The van der Waals surface area contributed by atoms with Gasteiger partial charge in [0.25, 0.3) is 9.05 Å². The number of likely N-dealkylation sites (tertiary alicyclic amines) is 1. The maximum absolute atomic E-state index is 10.7. The Morgan fingerprint density at radius 3 is 2.08 bits per heavy atom. The van der Waals surface area contributed by atoms with E-state index in [0.29, 0.717) is 4.48 Å². The highest BCUT2D eigenvalue weighted by atomic mass is 35.7. The Morgan fingerprint density at radius 2 is 1.75 bits per heavy atom. The second kappa shape index (κ2) is 4.13. The molecule has 0 aromatic carbocycles. The molecule has 74 valence electrons. The van der Waals surface area contributed by atoms with E-state index in [4.69, 9.17) is 10.7 Å². The van der Waals surface area contributed by atoms with E-state index in [-0.39, 0.29) is 18.3 Å². The molecule has 0 saturated carbocycles. The lowest BCUT2D eigenvalue weighted by Gasteiger charge is -2.26. The summed E-state index contributed by atoms with van der Waals surface area (Å²) >= 11 is 0. The quantitative estimate of drug-likeness (QED) is 0.400. The summed E-state index contributed by atoms with van der Waals surface area (Å²) in [6.45, 7) is 1.87. The van der Waals surface area contributed by atoms with Gasteiger partial charge in [-0.1, -0.05) is 0 Å². The van der Waals surface area contributed by atoms with Crippen molar-refractivity contribution < 1.29 is 25.3 Å². The number of hydrogen-bond donors (Lipinski definition) is 0. The van der Waals surface area contributed by atoms with Crippen molar-refractivity contribution in [3.8, 4) is 0 Å². The van der Waals surface area contributed by atoms with Crippen LogP contribution in [-0.4, -0.2) is 38.9 Å². The minimum atomic E-state index is -3.32. The first-order chi connectivity index (χ1) is 4.91. The topological polar surface area (TPSA) is 34.1 Å². The molecule has 1 heterocycles. The van der Waals surface area contributed by atoms with Gasteiger partial charge in [-0.15, -0.1) is 0 Å². The monoisotopic (exact) mass is 233 g/mol. The minimum absolute atomic E-state index is 0. The molecule has 1 fully saturated rings. The van der Waals surface area contributed by atoms with Crippen LogP contribution in [0.4, 0.5) is 0 Å². The van der Waals surface area contributed by atoms with Gasteiger partial charge in [-0.25, -0.2) is 8.42 Å². The third kappa shape index (κ3) is 3.94. The van der Waals surface area contributed by atoms with Crippen LogP contribution in [0.1, 0.15) is 12.8 Å². The molecule has 0 radical (unpaired) electrons. The lowest BCUT2D eigenvalue weighted by Crippen LogP contribution is -3.00. The predicted molar refractivity (Wildman–Crippen MR) is 44.8 cm³/mol. The molecule has 1 aliphatic rings. The second-order valence-electron chi connectivity index (χ2n) is 3.44. The Hall–Kier alpha value is 0.490. The van der Waals surface area contributed by atoms with Gasteiger partial charge in [0.2, 0.25) is 0 Å². The van der Waals surface area contributed by atoms with E-state index in [0.717, 1.165) is 25.9 Å². The molecule has 0 N–H and O–H groups in total. The maximum atomic E-state index is 10.7. The Bertz CT molecular complexity index is 234. The summed E-state index contributed by atoms with van der Waals surface area (Å²) in [7, 11) is 3.78. The van der Waals surface area contributed by atoms with Crippen LogP contribution in [0.25, 0.3) is 0 Å². The maximum Gasteiger partial charge on any atom is 0.283 e. The highest BCUT2D eigenvalue weighted by Crippen LogP contribution is 2.18. The fourth-order valence-corrected chi connectivity index (χ4v) is 3.31. The molecule has 0 aromatic heterocycles. The van der Waals surface area contributed by atoms with E-state index in [1.165, 1.54) is 0 Å². The van der Waals surface area contributed by atoms with Crippen LogP contribution < -0.4 is 12.4 Å². The molecule has 6 heteroatoms. The Labute approximate surface area is 84.1 Å². The number of hydrogen-bond acceptors (Lipinski definition) is 2. The minimum Gasteiger partial charge on any atom is -1.00 e. The van der Waals surface area contributed by atoms with Gasteiger partial charge in [0.15, 0.2) is 5.88 Å². The smallest absolute Gasteiger partial charge is 0.283 e. The van der Waals surface area contributed by atoms with Crippen molar-refractivity contribution in [2.45, 2.75) is 12.8 Å². The van der Waals surface area contributed by atoms with Crippen molar-refractivity contribution in [3.63, 3.8) is 0 Å². The summed E-state index contributed by atoms with van der Waals surface area (Å²) in [4.78, 5) is 0. The summed E-state index contributed by atoms with van der Waals surface area (Å²) in [5.41, 5.74) is 0. The van der Waals surface area contributed by atoms with Gasteiger partial charge in [-0.2, -0.15) is 0 Å². The molecular formula is C6H13Cl2NO2S. The normalized spacial score (nSPS) is 21.8.